The molecule has 4 heterocycles. The molecule has 160 valence electrons. The second-order valence-corrected chi connectivity index (χ2v) is 8.30. The molecule has 1 fully saturated rings. The number of hydrogen-bond donors (Lipinski definition) is 2. The highest BCUT2D eigenvalue weighted by Gasteiger charge is 2.37. The SMILES string of the molecule is Cn1cc([C@H](CC(=O)O)N2CCC(CCCc3ccc4c(n3)CCCN4)C2=O)cn1. The van der Waals surface area contributed by atoms with Gasteiger partial charge in [0.15, 0.2) is 0 Å². The van der Waals surface area contributed by atoms with Gasteiger partial charge in [-0.15, -0.1) is 0 Å². The van der Waals surface area contributed by atoms with Crippen molar-refractivity contribution in [3.8, 4) is 0 Å². The molecule has 2 atom stereocenters. The highest BCUT2D eigenvalue weighted by atomic mass is 16.4. The van der Waals surface area contributed by atoms with E-state index in [1.165, 1.54) is 0 Å². The number of likely N-dealkylation sites (tertiary alicyclic amines) is 1. The zero-order valence-electron chi connectivity index (χ0n) is 17.4. The summed E-state index contributed by atoms with van der Waals surface area (Å²) in [6.45, 7) is 1.61. The molecular weight excluding hydrogens is 382 g/mol. The third-order valence-corrected chi connectivity index (χ3v) is 6.13. The van der Waals surface area contributed by atoms with Gasteiger partial charge >= 0.3 is 5.97 Å². The van der Waals surface area contributed by atoms with E-state index in [2.05, 4.69) is 22.5 Å². The molecule has 0 spiro atoms. The molecule has 2 aromatic rings. The monoisotopic (exact) mass is 411 g/mol. The van der Waals surface area contributed by atoms with Crippen LogP contribution in [0.15, 0.2) is 24.5 Å². The number of aliphatic carboxylic acids is 1. The third kappa shape index (κ3) is 4.47. The Labute approximate surface area is 176 Å². The van der Waals surface area contributed by atoms with Gasteiger partial charge in [-0.2, -0.15) is 5.10 Å². The number of rotatable bonds is 8. The molecule has 0 bridgehead atoms. The number of carbonyl (C=O) groups excluding carboxylic acids is 1. The first-order chi connectivity index (χ1) is 14.5. The predicted octanol–water partition coefficient (Wildman–Crippen LogP) is 2.56. The van der Waals surface area contributed by atoms with Crippen LogP contribution in [0.4, 0.5) is 5.69 Å². The molecule has 2 aromatic heterocycles. The van der Waals surface area contributed by atoms with E-state index in [9.17, 15) is 14.7 Å². The van der Waals surface area contributed by atoms with E-state index in [1.807, 2.05) is 0 Å². The van der Waals surface area contributed by atoms with Gasteiger partial charge in [-0.3, -0.25) is 19.3 Å². The molecule has 30 heavy (non-hydrogen) atoms. The predicted molar refractivity (Wildman–Crippen MR) is 112 cm³/mol. The molecule has 4 rings (SSSR count). The highest BCUT2D eigenvalue weighted by molar-refractivity contribution is 5.82. The topological polar surface area (TPSA) is 100 Å². The van der Waals surface area contributed by atoms with Crippen LogP contribution in [-0.2, 0) is 29.5 Å². The molecule has 0 radical (unpaired) electrons. The van der Waals surface area contributed by atoms with Crippen LogP contribution in [0.1, 0.15) is 55.1 Å². The third-order valence-electron chi connectivity index (χ3n) is 6.13. The van der Waals surface area contributed by atoms with Gasteiger partial charge in [0.25, 0.3) is 0 Å². The van der Waals surface area contributed by atoms with Crippen molar-refractivity contribution in [1.29, 1.82) is 0 Å². The second kappa shape index (κ2) is 8.85. The molecule has 0 aliphatic carbocycles. The first-order valence-electron chi connectivity index (χ1n) is 10.7. The summed E-state index contributed by atoms with van der Waals surface area (Å²) in [5.74, 6) is -0.891. The van der Waals surface area contributed by atoms with Gasteiger partial charge in [0.1, 0.15) is 0 Å². The molecule has 0 aromatic carbocycles. The van der Waals surface area contributed by atoms with Crippen molar-refractivity contribution >= 4 is 17.6 Å². The quantitative estimate of drug-likeness (QED) is 0.692. The highest BCUT2D eigenvalue weighted by Crippen LogP contribution is 2.33. The largest absolute Gasteiger partial charge is 0.481 e. The summed E-state index contributed by atoms with van der Waals surface area (Å²) in [5, 5.41) is 16.9. The van der Waals surface area contributed by atoms with Crippen molar-refractivity contribution in [3.63, 3.8) is 0 Å². The number of carbonyl (C=O) groups is 2. The molecule has 2 N–H and O–H groups in total. The number of aromatic nitrogens is 3. The number of pyridine rings is 1. The van der Waals surface area contributed by atoms with Gasteiger partial charge in [-0.05, 0) is 50.7 Å². The van der Waals surface area contributed by atoms with Crippen LogP contribution in [0.2, 0.25) is 0 Å². The van der Waals surface area contributed by atoms with Crippen LogP contribution in [-0.4, -0.2) is 49.7 Å². The van der Waals surface area contributed by atoms with Crippen LogP contribution >= 0.6 is 0 Å². The maximum absolute atomic E-state index is 13.0. The van der Waals surface area contributed by atoms with E-state index in [4.69, 9.17) is 4.98 Å². The normalized spacial score (nSPS) is 19.4. The number of carboxylic acids is 1. The Balaban J connectivity index is 1.35. The molecule has 1 saturated heterocycles. The number of aryl methyl sites for hydroxylation is 3. The van der Waals surface area contributed by atoms with Gasteiger partial charge in [0.2, 0.25) is 5.91 Å². The van der Waals surface area contributed by atoms with Crippen LogP contribution in [0.25, 0.3) is 0 Å². The van der Waals surface area contributed by atoms with Gasteiger partial charge in [-0.1, -0.05) is 0 Å². The minimum Gasteiger partial charge on any atom is -0.481 e. The first kappa shape index (κ1) is 20.4. The molecule has 8 heteroatoms. The number of nitrogens with one attached hydrogen (secondary N) is 1. The van der Waals surface area contributed by atoms with Gasteiger partial charge in [-0.25, -0.2) is 0 Å². The van der Waals surface area contributed by atoms with Crippen molar-refractivity contribution in [1.82, 2.24) is 19.7 Å². The minimum atomic E-state index is -0.909. The summed E-state index contributed by atoms with van der Waals surface area (Å²) in [4.78, 5) is 30.9. The van der Waals surface area contributed by atoms with Crippen molar-refractivity contribution in [2.75, 3.05) is 18.4 Å². The summed E-state index contributed by atoms with van der Waals surface area (Å²) in [5.41, 5.74) is 4.15. The molecule has 8 nitrogen and oxygen atoms in total. The van der Waals surface area contributed by atoms with Gasteiger partial charge in [0, 0.05) is 43.5 Å². The summed E-state index contributed by atoms with van der Waals surface area (Å²) in [6, 6.07) is 3.73. The maximum Gasteiger partial charge on any atom is 0.305 e. The van der Waals surface area contributed by atoms with E-state index in [1.54, 1.807) is 29.0 Å². The van der Waals surface area contributed by atoms with E-state index in [-0.39, 0.29) is 18.2 Å². The van der Waals surface area contributed by atoms with Crippen LogP contribution in [0, 0.1) is 5.92 Å². The minimum absolute atomic E-state index is 0.0442. The fraction of sp³-hybridized carbons (Fsp3) is 0.545. The Morgan fingerprint density at radius 2 is 2.27 bits per heavy atom. The number of amides is 1. The van der Waals surface area contributed by atoms with E-state index >= 15 is 0 Å². The maximum atomic E-state index is 13.0. The number of hydrogen-bond acceptors (Lipinski definition) is 5. The van der Waals surface area contributed by atoms with Crippen molar-refractivity contribution in [2.24, 2.45) is 13.0 Å². The molecule has 2 aliphatic heterocycles. The molecule has 1 unspecified atom stereocenters. The molecular formula is C22H29N5O3. The van der Waals surface area contributed by atoms with E-state index < -0.39 is 12.0 Å². The lowest BCUT2D eigenvalue weighted by Crippen LogP contribution is -2.33. The Kier molecular flexibility index (Phi) is 6.01. The average Bonchev–Trinajstić information content (AvgIpc) is 3.32. The Hall–Kier alpha value is -2.90. The zero-order chi connectivity index (χ0) is 21.1. The summed E-state index contributed by atoms with van der Waals surface area (Å²) in [6.07, 6.45) is 8.83. The first-order valence-corrected chi connectivity index (χ1v) is 10.7. The van der Waals surface area contributed by atoms with Crippen molar-refractivity contribution < 1.29 is 14.7 Å². The Bertz CT molecular complexity index is 925. The van der Waals surface area contributed by atoms with E-state index in [0.29, 0.717) is 6.54 Å². The van der Waals surface area contributed by atoms with Crippen molar-refractivity contribution in [3.05, 3.63) is 41.5 Å². The molecule has 0 saturated carbocycles. The molecule has 1 amide bonds. The molecule has 2 aliphatic rings. The summed E-state index contributed by atoms with van der Waals surface area (Å²) < 4.78 is 1.64. The summed E-state index contributed by atoms with van der Waals surface area (Å²) >= 11 is 0. The van der Waals surface area contributed by atoms with Crippen LogP contribution in [0.3, 0.4) is 0 Å². The van der Waals surface area contributed by atoms with Crippen LogP contribution in [0.5, 0.6) is 0 Å². The van der Waals surface area contributed by atoms with Crippen molar-refractivity contribution in [2.45, 2.75) is 51.0 Å². The fourth-order valence-corrected chi connectivity index (χ4v) is 4.57. The number of anilines is 1. The van der Waals surface area contributed by atoms with E-state index in [0.717, 1.165) is 67.7 Å². The number of carboxylic acid groups (broad SMARTS) is 1. The van der Waals surface area contributed by atoms with Gasteiger partial charge in [0.05, 0.1) is 30.0 Å². The second-order valence-electron chi connectivity index (χ2n) is 8.30. The standard InChI is InChI=1S/C22H29N5O3/c1-26-14-16(13-24-26)20(12-21(28)29)27-11-9-15(22(27)30)4-2-5-17-7-8-18-19(25-17)6-3-10-23-18/h7-8,13-15,20,23H,2-6,9-12H2,1H3,(H,28,29)/t15?,20-/m0/s1. The van der Waals surface area contributed by atoms with Crippen LogP contribution < -0.4 is 5.32 Å². The summed E-state index contributed by atoms with van der Waals surface area (Å²) in [7, 11) is 1.79. The zero-order valence-corrected chi connectivity index (χ0v) is 17.4. The number of nitrogens with zero attached hydrogens (tertiary/aromatic N) is 4. The number of fused-ring (bicyclic) bond motifs is 1. The lowest BCUT2D eigenvalue weighted by atomic mass is 9.99. The fourth-order valence-electron chi connectivity index (χ4n) is 4.57. The lowest BCUT2D eigenvalue weighted by Gasteiger charge is -2.26. The lowest BCUT2D eigenvalue weighted by molar-refractivity contribution is -0.140. The Morgan fingerprint density at radius 3 is 3.03 bits per heavy atom. The smallest absolute Gasteiger partial charge is 0.305 e. The average molecular weight is 412 g/mol. The Morgan fingerprint density at radius 1 is 1.40 bits per heavy atom. The van der Waals surface area contributed by atoms with Gasteiger partial charge < -0.3 is 15.3 Å².